The molecule has 2 saturated heterocycles. The number of hydrogen-bond donors (Lipinski definition) is 4. The maximum atomic E-state index is 13.8. The van der Waals surface area contributed by atoms with Gasteiger partial charge in [0.2, 0.25) is 0 Å². The van der Waals surface area contributed by atoms with Crippen molar-refractivity contribution in [3.05, 3.63) is 72.6 Å². The molecule has 16 nitrogen and oxygen atoms in total. The number of H-pyrrole nitrogens is 2. The zero-order valence-electron chi connectivity index (χ0n) is 33.2. The number of hydrazine groups is 2. The minimum atomic E-state index is -1.15. The molecule has 2 aliphatic heterocycles. The number of likely N-dealkylation sites (N-methyl/N-ethyl adjacent to an activating group) is 1. The lowest BCUT2D eigenvalue weighted by Crippen LogP contribution is -2.54. The molecule has 4 aromatic rings. The van der Waals surface area contributed by atoms with Crippen LogP contribution in [-0.2, 0) is 14.3 Å². The van der Waals surface area contributed by atoms with Gasteiger partial charge in [0, 0.05) is 34.2 Å². The summed E-state index contributed by atoms with van der Waals surface area (Å²) in [6.07, 6.45) is 3.10. The number of carbonyl (C=O) groups is 4. The Morgan fingerprint density at radius 1 is 0.750 bits per heavy atom. The summed E-state index contributed by atoms with van der Waals surface area (Å²) in [6.45, 7) is 8.75. The van der Waals surface area contributed by atoms with E-state index in [4.69, 9.17) is 4.74 Å². The van der Waals surface area contributed by atoms with Gasteiger partial charge in [-0.2, -0.15) is 0 Å². The SMILES string of the molecule is COC(=O)N[C@H](C(=O)N1[C@H](c2ncc(-c3ccc(-c4ccc(-c5cnc([C@@H]6CCN(C)N6C(=O)[C@H](C(C)C)N(C)C(=O)O)[nH]5)cc4)cc3)[nH]2)CCN1C)C(C)C. The van der Waals surface area contributed by atoms with Crippen LogP contribution in [0.2, 0.25) is 0 Å². The van der Waals surface area contributed by atoms with E-state index in [-0.39, 0.29) is 35.7 Å². The molecule has 0 radical (unpaired) electrons. The van der Waals surface area contributed by atoms with Crippen molar-refractivity contribution in [3.63, 3.8) is 0 Å². The van der Waals surface area contributed by atoms with Gasteiger partial charge in [0.1, 0.15) is 35.8 Å². The molecule has 0 bridgehead atoms. The van der Waals surface area contributed by atoms with E-state index in [9.17, 15) is 24.3 Å². The van der Waals surface area contributed by atoms with E-state index in [1.807, 2.05) is 76.1 Å². The molecule has 2 fully saturated rings. The van der Waals surface area contributed by atoms with Crippen LogP contribution in [0.4, 0.5) is 9.59 Å². The van der Waals surface area contributed by atoms with E-state index >= 15 is 0 Å². The van der Waals surface area contributed by atoms with Crippen molar-refractivity contribution in [1.82, 2.24) is 50.2 Å². The van der Waals surface area contributed by atoms with Gasteiger partial charge in [-0.25, -0.2) is 29.6 Å². The lowest BCUT2D eigenvalue weighted by molar-refractivity contribution is -0.152. The van der Waals surface area contributed by atoms with Gasteiger partial charge in [-0.3, -0.25) is 24.5 Å². The largest absolute Gasteiger partial charge is 0.465 e. The Hall–Kier alpha value is -5.74. The molecule has 2 aromatic heterocycles. The van der Waals surface area contributed by atoms with Crippen LogP contribution in [-0.4, -0.2) is 127 Å². The molecule has 298 valence electrons. The summed E-state index contributed by atoms with van der Waals surface area (Å²) in [4.78, 5) is 68.5. The molecule has 4 atom stereocenters. The average Bonchev–Trinajstić information content (AvgIpc) is 4.00. The van der Waals surface area contributed by atoms with Gasteiger partial charge in [0.05, 0.1) is 30.9 Å². The fourth-order valence-electron chi connectivity index (χ4n) is 7.69. The van der Waals surface area contributed by atoms with Crippen LogP contribution in [0.3, 0.4) is 0 Å². The second kappa shape index (κ2) is 16.5. The maximum Gasteiger partial charge on any atom is 0.407 e. The van der Waals surface area contributed by atoms with Crippen LogP contribution in [0.5, 0.6) is 0 Å². The number of aromatic amines is 2. The van der Waals surface area contributed by atoms with Gasteiger partial charge in [0.15, 0.2) is 0 Å². The third kappa shape index (κ3) is 7.97. The van der Waals surface area contributed by atoms with E-state index in [2.05, 4.69) is 49.5 Å². The Balaban J connectivity index is 1.13. The highest BCUT2D eigenvalue weighted by atomic mass is 16.5. The van der Waals surface area contributed by atoms with Crippen LogP contribution in [0.15, 0.2) is 60.9 Å². The van der Waals surface area contributed by atoms with Crippen molar-refractivity contribution >= 4 is 24.0 Å². The number of aromatic nitrogens is 4. The van der Waals surface area contributed by atoms with Crippen LogP contribution in [0.25, 0.3) is 33.6 Å². The summed E-state index contributed by atoms with van der Waals surface area (Å²) >= 11 is 0. The summed E-state index contributed by atoms with van der Waals surface area (Å²) in [5.41, 5.74) is 5.60. The molecular formula is C40H52N10O6. The number of amides is 4. The lowest BCUT2D eigenvalue weighted by atomic mass is 10.0. The van der Waals surface area contributed by atoms with Gasteiger partial charge >= 0.3 is 12.2 Å². The first kappa shape index (κ1) is 39.9. The predicted molar refractivity (Wildman–Crippen MR) is 209 cm³/mol. The summed E-state index contributed by atoms with van der Waals surface area (Å²) in [7, 11) is 6.40. The number of carboxylic acid groups (broad SMARTS) is 1. The molecule has 4 amide bonds. The molecule has 4 heterocycles. The number of rotatable bonds is 11. The van der Waals surface area contributed by atoms with Crippen LogP contribution in [0.1, 0.15) is 64.3 Å². The monoisotopic (exact) mass is 768 g/mol. The molecule has 2 aliphatic rings. The molecule has 0 unspecified atom stereocenters. The predicted octanol–water partition coefficient (Wildman–Crippen LogP) is 5.39. The summed E-state index contributed by atoms with van der Waals surface area (Å²) < 4.78 is 4.76. The Morgan fingerprint density at radius 3 is 1.57 bits per heavy atom. The van der Waals surface area contributed by atoms with Crippen LogP contribution < -0.4 is 5.32 Å². The number of nitrogens with zero attached hydrogens (tertiary/aromatic N) is 7. The molecule has 0 spiro atoms. The topological polar surface area (TPSA) is 183 Å². The number of hydrogen-bond acceptors (Lipinski definition) is 9. The van der Waals surface area contributed by atoms with Gasteiger partial charge in [-0.15, -0.1) is 0 Å². The molecule has 16 heteroatoms. The first-order valence-corrected chi connectivity index (χ1v) is 18.9. The number of alkyl carbamates (subject to hydrolysis) is 1. The third-order valence-corrected chi connectivity index (χ3v) is 10.8. The van der Waals surface area contributed by atoms with Crippen molar-refractivity contribution < 1.29 is 29.0 Å². The molecule has 4 N–H and O–H groups in total. The van der Waals surface area contributed by atoms with E-state index in [1.165, 1.54) is 14.2 Å². The number of methoxy groups -OCH3 is 1. The number of carbonyl (C=O) groups excluding carboxylic acids is 3. The normalized spacial score (nSPS) is 18.8. The fraction of sp³-hybridized carbons (Fsp3) is 0.450. The van der Waals surface area contributed by atoms with Gasteiger partial charge in [-0.1, -0.05) is 76.2 Å². The molecule has 56 heavy (non-hydrogen) atoms. The molecular weight excluding hydrogens is 717 g/mol. The first-order chi connectivity index (χ1) is 26.7. The second-order valence-corrected chi connectivity index (χ2v) is 15.2. The number of benzene rings is 2. The third-order valence-electron chi connectivity index (χ3n) is 10.8. The summed E-state index contributed by atoms with van der Waals surface area (Å²) in [6, 6.07) is 14.1. The zero-order chi connectivity index (χ0) is 40.4. The standard InChI is InChI=1S/C40H52N10O6/c1-23(2)33(45-39(53)56-8)37(51)49-31(17-19-46(49)5)35-41-21-29(43-35)27-13-9-25(10-14-27)26-11-15-28(16-12-26)30-22-42-36(44-30)32-18-20-47(6)50(32)38(52)34(24(3)4)48(7)40(54)55/h9-16,21-24,31-34H,17-20H2,1-8H3,(H,41,43)(H,42,44)(H,45,53)(H,54,55)/t31-,32-,33-,34-/m0/s1. The number of nitrogens with one attached hydrogen (secondary N) is 3. The lowest BCUT2D eigenvalue weighted by Gasteiger charge is -2.36. The maximum absolute atomic E-state index is 13.8. The molecule has 0 aliphatic carbocycles. The van der Waals surface area contributed by atoms with Crippen molar-refractivity contribution in [2.24, 2.45) is 11.8 Å². The van der Waals surface area contributed by atoms with E-state index in [1.54, 1.807) is 22.4 Å². The van der Waals surface area contributed by atoms with E-state index < -0.39 is 24.3 Å². The van der Waals surface area contributed by atoms with E-state index in [0.29, 0.717) is 37.6 Å². The quantitative estimate of drug-likeness (QED) is 0.154. The minimum absolute atomic E-state index is 0.148. The Morgan fingerprint density at radius 2 is 1.18 bits per heavy atom. The summed E-state index contributed by atoms with van der Waals surface area (Å²) in [5, 5.41) is 19.3. The minimum Gasteiger partial charge on any atom is -0.465 e. The fourth-order valence-corrected chi connectivity index (χ4v) is 7.69. The van der Waals surface area contributed by atoms with Crippen molar-refractivity contribution in [3.8, 4) is 33.6 Å². The average molecular weight is 769 g/mol. The Bertz CT molecular complexity index is 2030. The Labute approximate surface area is 326 Å². The highest BCUT2D eigenvalue weighted by molar-refractivity contribution is 5.86. The number of ether oxygens (including phenoxy) is 1. The summed E-state index contributed by atoms with van der Waals surface area (Å²) in [5.74, 6) is 0.460. The van der Waals surface area contributed by atoms with Gasteiger partial charge in [0.25, 0.3) is 11.8 Å². The van der Waals surface area contributed by atoms with Crippen LogP contribution in [0, 0.1) is 11.8 Å². The Kier molecular flexibility index (Phi) is 11.8. The first-order valence-electron chi connectivity index (χ1n) is 18.9. The van der Waals surface area contributed by atoms with Crippen molar-refractivity contribution in [2.45, 2.75) is 64.7 Å². The highest BCUT2D eigenvalue weighted by Crippen LogP contribution is 2.35. The van der Waals surface area contributed by atoms with Gasteiger partial charge in [-0.05, 0) is 46.9 Å². The van der Waals surface area contributed by atoms with Gasteiger partial charge < -0.3 is 25.1 Å². The molecule has 2 aromatic carbocycles. The second-order valence-electron chi connectivity index (χ2n) is 15.2. The smallest absolute Gasteiger partial charge is 0.407 e. The zero-order valence-corrected chi connectivity index (χ0v) is 33.2. The highest BCUT2D eigenvalue weighted by Gasteiger charge is 2.43. The molecule has 0 saturated carbocycles. The van der Waals surface area contributed by atoms with Crippen molar-refractivity contribution in [1.29, 1.82) is 0 Å². The van der Waals surface area contributed by atoms with E-state index in [0.717, 1.165) is 38.5 Å². The van der Waals surface area contributed by atoms with Crippen molar-refractivity contribution in [2.75, 3.05) is 41.3 Å². The van der Waals surface area contributed by atoms with Crippen LogP contribution >= 0.6 is 0 Å². The molecule has 6 rings (SSSR count). The number of imidazole rings is 2.